The molecule has 2 amide bonds. The lowest BCUT2D eigenvalue weighted by atomic mass is 10.1. The van der Waals surface area contributed by atoms with Gasteiger partial charge in [-0.15, -0.1) is 0 Å². The van der Waals surface area contributed by atoms with Crippen molar-refractivity contribution in [1.29, 1.82) is 0 Å². The SMILES string of the molecule is O=C(Cn1ccc(=O)c2ccccc21)NCCN1CCN(C(=O)C2CCCC2)CC1. The van der Waals surface area contributed by atoms with Gasteiger partial charge in [-0.1, -0.05) is 25.0 Å². The van der Waals surface area contributed by atoms with Crippen LogP contribution < -0.4 is 10.7 Å². The van der Waals surface area contributed by atoms with Crippen molar-refractivity contribution in [2.24, 2.45) is 5.92 Å². The summed E-state index contributed by atoms with van der Waals surface area (Å²) in [4.78, 5) is 41.2. The smallest absolute Gasteiger partial charge is 0.239 e. The first-order valence-corrected chi connectivity index (χ1v) is 11.0. The average Bonchev–Trinajstić information content (AvgIpc) is 3.31. The number of hydrogen-bond donors (Lipinski definition) is 1. The van der Waals surface area contributed by atoms with E-state index in [2.05, 4.69) is 10.2 Å². The van der Waals surface area contributed by atoms with Gasteiger partial charge in [0.15, 0.2) is 5.43 Å². The van der Waals surface area contributed by atoms with Crippen LogP contribution in [-0.2, 0) is 16.1 Å². The van der Waals surface area contributed by atoms with Crippen LogP contribution in [0, 0.1) is 5.92 Å². The predicted octanol–water partition coefficient (Wildman–Crippen LogP) is 1.45. The second kappa shape index (κ2) is 9.43. The van der Waals surface area contributed by atoms with Gasteiger partial charge < -0.3 is 14.8 Å². The predicted molar refractivity (Wildman–Crippen MR) is 116 cm³/mol. The molecule has 1 saturated heterocycles. The van der Waals surface area contributed by atoms with Crippen LogP contribution in [-0.4, -0.2) is 65.4 Å². The first kappa shape index (κ1) is 20.6. The maximum atomic E-state index is 12.5. The third kappa shape index (κ3) is 4.73. The standard InChI is InChI=1S/C23H30N4O3/c28-21-9-11-27(20-8-4-3-7-19(20)21)17-22(29)24-10-12-25-13-15-26(16-14-25)23(30)18-5-1-2-6-18/h3-4,7-9,11,18H,1-2,5-6,10,12-17H2,(H,24,29). The highest BCUT2D eigenvalue weighted by atomic mass is 16.2. The van der Waals surface area contributed by atoms with Crippen LogP contribution in [0.15, 0.2) is 41.3 Å². The monoisotopic (exact) mass is 410 g/mol. The zero-order valence-electron chi connectivity index (χ0n) is 17.4. The summed E-state index contributed by atoms with van der Waals surface area (Å²) < 4.78 is 1.81. The second-order valence-electron chi connectivity index (χ2n) is 8.32. The van der Waals surface area contributed by atoms with Gasteiger partial charge in [-0.05, 0) is 25.0 Å². The van der Waals surface area contributed by atoms with E-state index in [0.29, 0.717) is 17.8 Å². The summed E-state index contributed by atoms with van der Waals surface area (Å²) in [6, 6.07) is 8.84. The molecule has 0 spiro atoms. The number of hydrogen-bond acceptors (Lipinski definition) is 4. The van der Waals surface area contributed by atoms with Crippen LogP contribution in [0.4, 0.5) is 0 Å². The molecular weight excluding hydrogens is 380 g/mol. The van der Waals surface area contributed by atoms with Crippen molar-refractivity contribution in [2.75, 3.05) is 39.3 Å². The minimum atomic E-state index is -0.0705. The normalized spacial score (nSPS) is 18.1. The summed E-state index contributed by atoms with van der Waals surface area (Å²) in [6.45, 7) is 4.83. The summed E-state index contributed by atoms with van der Waals surface area (Å²) in [5.74, 6) is 0.521. The number of amides is 2. The molecule has 1 saturated carbocycles. The molecule has 160 valence electrons. The van der Waals surface area contributed by atoms with Crippen LogP contribution in [0.5, 0.6) is 0 Å². The molecule has 2 aromatic rings. The fraction of sp³-hybridized carbons (Fsp3) is 0.522. The largest absolute Gasteiger partial charge is 0.353 e. The van der Waals surface area contributed by atoms with E-state index in [-0.39, 0.29) is 23.8 Å². The van der Waals surface area contributed by atoms with Crippen LogP contribution in [0.1, 0.15) is 25.7 Å². The van der Waals surface area contributed by atoms with Gasteiger partial charge >= 0.3 is 0 Å². The first-order valence-electron chi connectivity index (χ1n) is 11.0. The summed E-state index contributed by atoms with van der Waals surface area (Å²) >= 11 is 0. The zero-order valence-corrected chi connectivity index (χ0v) is 17.4. The van der Waals surface area contributed by atoms with E-state index in [4.69, 9.17) is 0 Å². The van der Waals surface area contributed by atoms with E-state index in [1.165, 1.54) is 18.9 Å². The van der Waals surface area contributed by atoms with Crippen LogP contribution >= 0.6 is 0 Å². The molecule has 1 aromatic carbocycles. The molecule has 2 heterocycles. The molecule has 0 bridgehead atoms. The Morgan fingerprint density at radius 1 is 1.00 bits per heavy atom. The Balaban J connectivity index is 1.21. The molecule has 1 aliphatic carbocycles. The van der Waals surface area contributed by atoms with Crippen molar-refractivity contribution in [1.82, 2.24) is 19.7 Å². The third-order valence-corrected chi connectivity index (χ3v) is 6.34. The zero-order chi connectivity index (χ0) is 20.9. The molecule has 30 heavy (non-hydrogen) atoms. The van der Waals surface area contributed by atoms with Crippen LogP contribution in [0.3, 0.4) is 0 Å². The molecule has 2 fully saturated rings. The number of benzene rings is 1. The molecule has 0 atom stereocenters. The van der Waals surface area contributed by atoms with E-state index in [0.717, 1.165) is 51.1 Å². The molecule has 4 rings (SSSR count). The van der Waals surface area contributed by atoms with E-state index in [9.17, 15) is 14.4 Å². The summed E-state index contributed by atoms with van der Waals surface area (Å²) in [5.41, 5.74) is 0.732. The topological polar surface area (TPSA) is 74.7 Å². The van der Waals surface area contributed by atoms with Gasteiger partial charge in [-0.25, -0.2) is 0 Å². The van der Waals surface area contributed by atoms with E-state index >= 15 is 0 Å². The minimum absolute atomic E-state index is 0.0344. The molecular formula is C23H30N4O3. The van der Waals surface area contributed by atoms with Crippen LogP contribution in [0.25, 0.3) is 10.9 Å². The Morgan fingerprint density at radius 2 is 1.73 bits per heavy atom. The lowest BCUT2D eigenvalue weighted by molar-refractivity contribution is -0.137. The molecule has 1 aliphatic heterocycles. The van der Waals surface area contributed by atoms with Crippen molar-refractivity contribution < 1.29 is 9.59 Å². The van der Waals surface area contributed by atoms with E-state index in [1.807, 2.05) is 23.1 Å². The molecule has 2 aliphatic rings. The summed E-state index contributed by atoms with van der Waals surface area (Å²) in [7, 11) is 0. The number of carbonyl (C=O) groups is 2. The number of nitrogens with zero attached hydrogens (tertiary/aromatic N) is 3. The van der Waals surface area contributed by atoms with Gasteiger partial charge in [-0.2, -0.15) is 0 Å². The maximum absolute atomic E-state index is 12.5. The number of para-hydroxylation sites is 1. The van der Waals surface area contributed by atoms with Crippen LogP contribution in [0.2, 0.25) is 0 Å². The summed E-state index contributed by atoms with van der Waals surface area (Å²) in [5, 5.41) is 3.60. The Labute approximate surface area is 176 Å². The van der Waals surface area contributed by atoms with Gasteiger partial charge in [0.1, 0.15) is 6.54 Å². The molecule has 7 nitrogen and oxygen atoms in total. The lowest BCUT2D eigenvalue weighted by Gasteiger charge is -2.36. The Bertz CT molecular complexity index is 956. The third-order valence-electron chi connectivity index (χ3n) is 6.34. The Morgan fingerprint density at radius 3 is 2.50 bits per heavy atom. The first-order chi connectivity index (χ1) is 14.6. The highest BCUT2D eigenvalue weighted by Crippen LogP contribution is 2.26. The number of fused-ring (bicyclic) bond motifs is 1. The molecule has 1 aromatic heterocycles. The van der Waals surface area contributed by atoms with Gasteiger partial charge in [0, 0.05) is 62.8 Å². The number of carbonyl (C=O) groups excluding carboxylic acids is 2. The highest BCUT2D eigenvalue weighted by Gasteiger charge is 2.29. The second-order valence-corrected chi connectivity index (χ2v) is 8.32. The maximum Gasteiger partial charge on any atom is 0.239 e. The number of rotatable bonds is 6. The lowest BCUT2D eigenvalue weighted by Crippen LogP contribution is -2.51. The van der Waals surface area contributed by atoms with E-state index in [1.54, 1.807) is 16.8 Å². The molecule has 0 unspecified atom stereocenters. The number of pyridine rings is 1. The van der Waals surface area contributed by atoms with Crippen molar-refractivity contribution in [3.63, 3.8) is 0 Å². The minimum Gasteiger partial charge on any atom is -0.353 e. The Kier molecular flexibility index (Phi) is 6.47. The van der Waals surface area contributed by atoms with Crippen molar-refractivity contribution >= 4 is 22.7 Å². The molecule has 1 N–H and O–H groups in total. The van der Waals surface area contributed by atoms with Gasteiger partial charge in [0.05, 0.1) is 5.52 Å². The van der Waals surface area contributed by atoms with Gasteiger partial charge in [0.2, 0.25) is 11.8 Å². The van der Waals surface area contributed by atoms with Crippen molar-refractivity contribution in [3.05, 3.63) is 46.8 Å². The van der Waals surface area contributed by atoms with Gasteiger partial charge in [0.25, 0.3) is 0 Å². The Hall–Kier alpha value is -2.67. The van der Waals surface area contributed by atoms with Crippen molar-refractivity contribution in [3.8, 4) is 0 Å². The summed E-state index contributed by atoms with van der Waals surface area (Å²) in [6.07, 6.45) is 6.15. The fourth-order valence-corrected chi connectivity index (χ4v) is 4.58. The molecule has 7 heteroatoms. The number of piperazine rings is 1. The van der Waals surface area contributed by atoms with E-state index < -0.39 is 0 Å². The average molecular weight is 411 g/mol. The van der Waals surface area contributed by atoms with Gasteiger partial charge in [-0.3, -0.25) is 19.3 Å². The number of aromatic nitrogens is 1. The number of nitrogens with one attached hydrogen (secondary N) is 1. The highest BCUT2D eigenvalue weighted by molar-refractivity contribution is 5.82. The van der Waals surface area contributed by atoms with Crippen molar-refractivity contribution in [2.45, 2.75) is 32.2 Å². The quantitative estimate of drug-likeness (QED) is 0.782. The fourth-order valence-electron chi connectivity index (χ4n) is 4.58. The molecule has 0 radical (unpaired) electrons.